The fraction of sp³-hybridized carbons (Fsp3) is 0.250. The fourth-order valence-corrected chi connectivity index (χ4v) is 5.16. The number of aromatic amines is 1. The molecule has 15 heteroatoms. The minimum absolute atomic E-state index is 0.102. The van der Waals surface area contributed by atoms with E-state index in [1.54, 1.807) is 12.1 Å². The molecule has 2 aromatic carbocycles. The Morgan fingerprint density at radius 1 is 1.02 bits per heavy atom. The largest absolute Gasteiger partial charge is 0.381 e. The zero-order valence-corrected chi connectivity index (χ0v) is 23.1. The Labute approximate surface area is 245 Å². The lowest BCUT2D eigenvalue weighted by Gasteiger charge is -2.22. The van der Waals surface area contributed by atoms with Gasteiger partial charge in [-0.15, -0.1) is 0 Å². The van der Waals surface area contributed by atoms with E-state index < -0.39 is 47.5 Å². The van der Waals surface area contributed by atoms with Gasteiger partial charge in [0.15, 0.2) is 17.5 Å². The molecule has 4 heterocycles. The third-order valence-corrected chi connectivity index (χ3v) is 7.50. The first-order valence-corrected chi connectivity index (χ1v) is 13.6. The molecule has 0 bridgehead atoms. The lowest BCUT2D eigenvalue weighted by atomic mass is 10.1. The molecule has 2 N–H and O–H groups in total. The molecule has 5 aromatic rings. The summed E-state index contributed by atoms with van der Waals surface area (Å²) >= 11 is 6.55. The maximum absolute atomic E-state index is 14.0. The van der Waals surface area contributed by atoms with Crippen LogP contribution in [0.3, 0.4) is 0 Å². The summed E-state index contributed by atoms with van der Waals surface area (Å²) in [6, 6.07) is 7.86. The highest BCUT2D eigenvalue weighted by atomic mass is 35.5. The topological polar surface area (TPSA) is 129 Å². The van der Waals surface area contributed by atoms with Gasteiger partial charge in [-0.3, -0.25) is 14.0 Å². The van der Waals surface area contributed by atoms with E-state index in [2.05, 4.69) is 20.4 Å². The number of benzene rings is 2. The summed E-state index contributed by atoms with van der Waals surface area (Å²) in [7, 11) is 0. The molecule has 0 unspecified atom stereocenters. The van der Waals surface area contributed by atoms with Gasteiger partial charge in [-0.25, -0.2) is 27.3 Å². The number of aromatic nitrogens is 6. The lowest BCUT2D eigenvalue weighted by Crippen LogP contribution is -2.43. The molecule has 1 aliphatic rings. The van der Waals surface area contributed by atoms with Crippen LogP contribution in [-0.2, 0) is 17.8 Å². The normalized spacial score (nSPS) is 14.0. The van der Waals surface area contributed by atoms with Gasteiger partial charge < -0.3 is 15.0 Å². The molecule has 1 aliphatic heterocycles. The lowest BCUT2D eigenvalue weighted by molar-refractivity contribution is 0.0664. The Balaban J connectivity index is 1.43. The van der Waals surface area contributed by atoms with Crippen LogP contribution < -0.4 is 22.3 Å². The highest BCUT2D eigenvalue weighted by molar-refractivity contribution is 6.34. The van der Waals surface area contributed by atoms with Crippen LogP contribution in [-0.4, -0.2) is 42.1 Å². The molecule has 1 fully saturated rings. The predicted molar refractivity (Wildman–Crippen MR) is 151 cm³/mol. The average Bonchev–Trinajstić information content (AvgIpc) is 3.40. The van der Waals surface area contributed by atoms with Crippen molar-refractivity contribution in [3.05, 3.63) is 114 Å². The highest BCUT2D eigenvalue weighted by Gasteiger charge is 2.20. The first-order chi connectivity index (χ1) is 20.7. The summed E-state index contributed by atoms with van der Waals surface area (Å²) in [5.41, 5.74) is -1.59. The summed E-state index contributed by atoms with van der Waals surface area (Å²) in [4.78, 5) is 45.4. The van der Waals surface area contributed by atoms with Gasteiger partial charge in [-0.1, -0.05) is 17.7 Å². The van der Waals surface area contributed by atoms with Crippen LogP contribution in [0.4, 0.5) is 24.8 Å². The van der Waals surface area contributed by atoms with E-state index in [4.69, 9.17) is 16.3 Å². The first kappa shape index (κ1) is 28.4. The number of halogens is 4. The molecule has 0 spiro atoms. The molecule has 0 saturated carbocycles. The van der Waals surface area contributed by atoms with Gasteiger partial charge in [0.2, 0.25) is 5.95 Å². The number of fused-ring (bicyclic) bond motifs is 1. The van der Waals surface area contributed by atoms with E-state index >= 15 is 0 Å². The van der Waals surface area contributed by atoms with Gasteiger partial charge in [0.1, 0.15) is 0 Å². The van der Waals surface area contributed by atoms with E-state index in [0.29, 0.717) is 28.7 Å². The zero-order chi connectivity index (χ0) is 30.2. The second kappa shape index (κ2) is 11.5. The Bertz CT molecular complexity index is 2010. The Hall–Kier alpha value is -4.69. The van der Waals surface area contributed by atoms with E-state index in [1.165, 1.54) is 18.3 Å². The fourth-order valence-electron chi connectivity index (χ4n) is 4.95. The van der Waals surface area contributed by atoms with Gasteiger partial charge in [0.05, 0.1) is 35.4 Å². The third-order valence-electron chi connectivity index (χ3n) is 7.18. The van der Waals surface area contributed by atoms with E-state index in [1.807, 2.05) is 10.9 Å². The van der Waals surface area contributed by atoms with Crippen LogP contribution in [0.15, 0.2) is 63.2 Å². The summed E-state index contributed by atoms with van der Waals surface area (Å²) in [6.45, 7) is 0.327. The van der Waals surface area contributed by atoms with Crippen molar-refractivity contribution in [2.24, 2.45) is 0 Å². The molecule has 43 heavy (non-hydrogen) atoms. The molecular formula is C28H23ClF3N7O4. The number of anilines is 2. The van der Waals surface area contributed by atoms with Gasteiger partial charge in [-0.05, 0) is 48.7 Å². The first-order valence-electron chi connectivity index (χ1n) is 13.2. The molecule has 0 atom stereocenters. The van der Waals surface area contributed by atoms with Crippen molar-refractivity contribution in [3.8, 4) is 0 Å². The number of ether oxygens (including phenoxy) is 1. The number of rotatable bonds is 7. The second-order valence-corrected chi connectivity index (χ2v) is 10.4. The van der Waals surface area contributed by atoms with Crippen LogP contribution in [0.2, 0.25) is 5.02 Å². The molecule has 222 valence electrons. The van der Waals surface area contributed by atoms with Crippen LogP contribution in [0, 0.1) is 17.5 Å². The molecule has 0 amide bonds. The summed E-state index contributed by atoms with van der Waals surface area (Å²) in [5.74, 6) is -4.87. The van der Waals surface area contributed by atoms with Crippen LogP contribution in [0.5, 0.6) is 0 Å². The average molecular weight is 614 g/mol. The van der Waals surface area contributed by atoms with E-state index in [-0.39, 0.29) is 33.8 Å². The van der Waals surface area contributed by atoms with E-state index in [0.717, 1.165) is 29.5 Å². The highest BCUT2D eigenvalue weighted by Crippen LogP contribution is 2.31. The number of hydrogen-bond acceptors (Lipinski definition) is 7. The number of nitrogens with one attached hydrogen (secondary N) is 2. The third kappa shape index (κ3) is 5.70. The van der Waals surface area contributed by atoms with Gasteiger partial charge in [0, 0.05) is 36.6 Å². The molecule has 0 aliphatic carbocycles. The Morgan fingerprint density at radius 3 is 2.49 bits per heavy atom. The minimum atomic E-state index is -1.66. The van der Waals surface area contributed by atoms with Gasteiger partial charge in [0.25, 0.3) is 5.56 Å². The number of nitrogens with zero attached hydrogens (tertiary/aromatic N) is 5. The predicted octanol–water partition coefficient (Wildman–Crippen LogP) is 3.71. The van der Waals surface area contributed by atoms with Gasteiger partial charge >= 0.3 is 11.4 Å². The smallest absolute Gasteiger partial charge is 0.355 e. The van der Waals surface area contributed by atoms with Crippen molar-refractivity contribution in [1.29, 1.82) is 0 Å². The van der Waals surface area contributed by atoms with E-state index in [9.17, 15) is 27.6 Å². The maximum atomic E-state index is 14.0. The number of H-pyrrole nitrogens is 1. The molecule has 3 aromatic heterocycles. The molecule has 1 saturated heterocycles. The SMILES string of the molecule is O=c1[nH]cccc1Cn1c(=O)nc(Nc2cc3cn(C4CCOCC4)nc3cc2Cl)n(Cc2cc(F)c(F)c(F)c2)c1=O. The quantitative estimate of drug-likeness (QED) is 0.268. The number of pyridine rings is 1. The standard InChI is InChI=1S/C28H23ClF3N7O4/c29-19-11-22-17(14-39(36-22)18-3-6-43-7-4-18)10-23(19)34-26-35-27(41)38(13-16-2-1-5-33-25(16)40)28(42)37(26)12-15-8-20(30)24(32)21(31)9-15/h1-2,5,8-11,14,18H,3-4,6-7,12-13H2,(H,33,40)(H,34,35,41). The maximum Gasteiger partial charge on any atom is 0.355 e. The van der Waals surface area contributed by atoms with Crippen LogP contribution >= 0.6 is 11.6 Å². The van der Waals surface area contributed by atoms with Crippen molar-refractivity contribution in [1.82, 2.24) is 28.9 Å². The summed E-state index contributed by atoms with van der Waals surface area (Å²) in [5, 5.41) is 8.42. The Kier molecular flexibility index (Phi) is 7.62. The van der Waals surface area contributed by atoms with Crippen LogP contribution in [0.25, 0.3) is 10.9 Å². The van der Waals surface area contributed by atoms with Crippen LogP contribution in [0.1, 0.15) is 30.0 Å². The molecule has 0 radical (unpaired) electrons. The van der Waals surface area contributed by atoms with Crippen molar-refractivity contribution in [3.63, 3.8) is 0 Å². The molecule has 11 nitrogen and oxygen atoms in total. The Morgan fingerprint density at radius 2 is 1.77 bits per heavy atom. The second-order valence-electron chi connectivity index (χ2n) is 10.0. The minimum Gasteiger partial charge on any atom is -0.381 e. The van der Waals surface area contributed by atoms with Crippen molar-refractivity contribution >= 4 is 34.1 Å². The number of hydrogen-bond donors (Lipinski definition) is 2. The van der Waals surface area contributed by atoms with Crippen molar-refractivity contribution in [2.75, 3.05) is 18.5 Å². The summed E-state index contributed by atoms with van der Waals surface area (Å²) in [6.07, 6.45) is 4.86. The monoisotopic (exact) mass is 613 g/mol. The van der Waals surface area contributed by atoms with Gasteiger partial charge in [-0.2, -0.15) is 10.1 Å². The van der Waals surface area contributed by atoms with Crippen molar-refractivity contribution < 1.29 is 17.9 Å². The zero-order valence-electron chi connectivity index (χ0n) is 22.3. The summed E-state index contributed by atoms with van der Waals surface area (Å²) < 4.78 is 50.7. The molecule has 6 rings (SSSR count). The van der Waals surface area contributed by atoms with Crippen molar-refractivity contribution in [2.45, 2.75) is 32.0 Å². The molecular weight excluding hydrogens is 591 g/mol.